The number of thioether (sulfide) groups is 1. The average molecular weight is 593 g/mol. The lowest BCUT2D eigenvalue weighted by Gasteiger charge is -2.36. The summed E-state index contributed by atoms with van der Waals surface area (Å²) in [4.78, 5) is 26.5. The highest BCUT2D eigenvalue weighted by molar-refractivity contribution is 8.00. The van der Waals surface area contributed by atoms with Crippen molar-refractivity contribution in [2.24, 2.45) is 5.73 Å². The summed E-state index contributed by atoms with van der Waals surface area (Å²) in [7, 11) is 2.09. The number of hydrogen-bond acceptors (Lipinski definition) is 8. The van der Waals surface area contributed by atoms with Crippen molar-refractivity contribution in [2.45, 2.75) is 16.3 Å². The molecule has 1 unspecified atom stereocenters. The van der Waals surface area contributed by atoms with Crippen LogP contribution in [0.25, 0.3) is 0 Å². The van der Waals surface area contributed by atoms with Crippen LogP contribution in [0.5, 0.6) is 0 Å². The number of methoxy groups -OCH3 is 2. The number of anilines is 1. The fourth-order valence-corrected chi connectivity index (χ4v) is 5.34. The molecule has 0 saturated heterocycles. The molecule has 0 saturated carbocycles. The van der Waals surface area contributed by atoms with Crippen LogP contribution in [0.15, 0.2) is 64.0 Å². The summed E-state index contributed by atoms with van der Waals surface area (Å²) in [6.07, 6.45) is 0. The van der Waals surface area contributed by atoms with Gasteiger partial charge in [-0.1, -0.05) is 65.1 Å². The number of nitrogens with two attached hydrogens (primary N) is 1. The van der Waals surface area contributed by atoms with Gasteiger partial charge >= 0.3 is 17.4 Å². The predicted octanol–water partition coefficient (Wildman–Crippen LogP) is 6.16. The average Bonchev–Trinajstić information content (AvgIpc) is 2.86. The van der Waals surface area contributed by atoms with Crippen molar-refractivity contribution in [3.05, 3.63) is 79.7 Å². The van der Waals surface area contributed by atoms with Crippen LogP contribution < -0.4 is 10.6 Å². The second kappa shape index (κ2) is 11.1. The molecule has 7 nitrogen and oxygen atoms in total. The Morgan fingerprint density at radius 1 is 1.08 bits per heavy atom. The lowest BCUT2D eigenvalue weighted by molar-refractivity contribution is -0.139. The Bertz CT molecular complexity index is 1380. The number of esters is 2. The summed E-state index contributed by atoms with van der Waals surface area (Å²) in [5, 5.41) is 8.56. The van der Waals surface area contributed by atoms with Crippen molar-refractivity contribution < 1.29 is 32.2 Å². The van der Waals surface area contributed by atoms with E-state index in [1.54, 1.807) is 30.3 Å². The van der Waals surface area contributed by atoms with Gasteiger partial charge in [0, 0.05) is 4.90 Å². The van der Waals surface area contributed by atoms with Crippen molar-refractivity contribution >= 4 is 64.2 Å². The lowest BCUT2D eigenvalue weighted by Crippen LogP contribution is -2.41. The van der Waals surface area contributed by atoms with Crippen LogP contribution >= 0.6 is 46.6 Å². The first-order valence-corrected chi connectivity index (χ1v) is 11.9. The molecule has 1 heterocycles. The zero-order chi connectivity index (χ0) is 27.7. The molecule has 0 fully saturated rings. The number of alkyl halides is 3. The summed E-state index contributed by atoms with van der Waals surface area (Å²) in [5.74, 6) is -3.67. The Balaban J connectivity index is 2.45. The van der Waals surface area contributed by atoms with Gasteiger partial charge in [-0.25, -0.2) is 9.59 Å². The number of nitriles is 1. The van der Waals surface area contributed by atoms with E-state index in [-0.39, 0.29) is 22.7 Å². The number of carbonyl (C=O) groups excluding carboxylic acids is 2. The Labute approximate surface area is 228 Å². The second-order valence-corrected chi connectivity index (χ2v) is 9.49. The van der Waals surface area contributed by atoms with Gasteiger partial charge in [-0.2, -0.15) is 18.4 Å². The van der Waals surface area contributed by atoms with Crippen molar-refractivity contribution in [1.29, 1.82) is 5.26 Å². The number of ether oxygens (including phenoxy) is 2. The van der Waals surface area contributed by atoms with Gasteiger partial charge in [0.15, 0.2) is 0 Å². The molecule has 0 aromatic heterocycles. The number of hydrogen-bond donors (Lipinski definition) is 1. The highest BCUT2D eigenvalue weighted by Gasteiger charge is 2.44. The number of rotatable bonds is 5. The second-order valence-electron chi connectivity index (χ2n) is 7.22. The molecule has 1 aliphatic rings. The minimum atomic E-state index is -4.71. The molecule has 194 valence electrons. The molecule has 2 aromatic carbocycles. The third-order valence-electron chi connectivity index (χ3n) is 5.16. The predicted molar refractivity (Wildman–Crippen MR) is 133 cm³/mol. The Morgan fingerprint density at radius 2 is 1.68 bits per heavy atom. The third kappa shape index (κ3) is 5.48. The highest BCUT2D eigenvalue weighted by atomic mass is 35.5. The Morgan fingerprint density at radius 3 is 2.19 bits per heavy atom. The van der Waals surface area contributed by atoms with Crippen LogP contribution in [0.1, 0.15) is 11.5 Å². The van der Waals surface area contributed by atoms with Crippen LogP contribution in [0.3, 0.4) is 0 Å². The topological polar surface area (TPSA) is 106 Å². The van der Waals surface area contributed by atoms with Gasteiger partial charge in [0.25, 0.3) is 0 Å². The Kier molecular flexibility index (Phi) is 8.59. The molecule has 2 N–H and O–H groups in total. The zero-order valence-corrected chi connectivity index (χ0v) is 21.9. The minimum absolute atomic E-state index is 0.198. The molecule has 2 aromatic rings. The molecule has 0 radical (unpaired) electrons. The van der Waals surface area contributed by atoms with Crippen molar-refractivity contribution in [1.82, 2.24) is 0 Å². The lowest BCUT2D eigenvalue weighted by atomic mass is 9.81. The van der Waals surface area contributed by atoms with Crippen LogP contribution in [-0.4, -0.2) is 31.7 Å². The van der Waals surface area contributed by atoms with E-state index in [1.165, 1.54) is 0 Å². The highest BCUT2D eigenvalue weighted by Crippen LogP contribution is 2.52. The minimum Gasteiger partial charge on any atom is -0.466 e. The van der Waals surface area contributed by atoms with E-state index >= 15 is 0 Å². The maximum Gasteiger partial charge on any atom is 0.446 e. The summed E-state index contributed by atoms with van der Waals surface area (Å²) in [5.41, 5.74) is 0.641. The van der Waals surface area contributed by atoms with Crippen molar-refractivity contribution in [2.75, 3.05) is 19.1 Å². The van der Waals surface area contributed by atoms with Gasteiger partial charge in [-0.3, -0.25) is 4.90 Å². The molecule has 0 spiro atoms. The summed E-state index contributed by atoms with van der Waals surface area (Å²) >= 11 is 18.3. The third-order valence-corrected chi connectivity index (χ3v) is 7.19. The van der Waals surface area contributed by atoms with Gasteiger partial charge in [0.2, 0.25) is 0 Å². The van der Waals surface area contributed by atoms with Crippen LogP contribution in [0.4, 0.5) is 18.9 Å². The van der Waals surface area contributed by atoms with E-state index in [0.717, 1.165) is 25.2 Å². The van der Waals surface area contributed by atoms with Gasteiger partial charge in [0.05, 0.1) is 58.1 Å². The van der Waals surface area contributed by atoms with Crippen LogP contribution in [0, 0.1) is 11.3 Å². The maximum atomic E-state index is 13.1. The number of halogens is 6. The van der Waals surface area contributed by atoms with Crippen molar-refractivity contribution in [3.8, 4) is 6.07 Å². The fraction of sp³-hybridized carbons (Fsp3) is 0.174. The van der Waals surface area contributed by atoms with Crippen LogP contribution in [0.2, 0.25) is 15.1 Å². The number of carbonyl (C=O) groups is 2. The fourth-order valence-electron chi connectivity index (χ4n) is 3.71. The SMILES string of the molecule is COC(=O)C1=C(C(=O)OC)N(c2c(Cl)cc(SC(F)(F)F)c(Cl)c2Cl)C(N)=C(C#N)C1c1ccccc1. The van der Waals surface area contributed by atoms with E-state index in [9.17, 15) is 28.0 Å². The monoisotopic (exact) mass is 591 g/mol. The molecule has 1 atom stereocenters. The summed E-state index contributed by atoms with van der Waals surface area (Å²) in [6.45, 7) is 0. The van der Waals surface area contributed by atoms with E-state index in [0.29, 0.717) is 5.56 Å². The number of nitrogens with zero attached hydrogens (tertiary/aromatic N) is 2. The molecular formula is C23H15Cl3F3N3O4S. The molecule has 1 aliphatic heterocycles. The van der Waals surface area contributed by atoms with Crippen LogP contribution in [-0.2, 0) is 19.1 Å². The van der Waals surface area contributed by atoms with Gasteiger partial charge in [0.1, 0.15) is 11.5 Å². The first kappa shape index (κ1) is 28.5. The van der Waals surface area contributed by atoms with Gasteiger partial charge in [-0.05, 0) is 23.4 Å². The van der Waals surface area contributed by atoms with Gasteiger partial charge < -0.3 is 15.2 Å². The first-order chi connectivity index (χ1) is 17.4. The molecule has 0 aliphatic carbocycles. The molecule has 3 rings (SSSR count). The van der Waals surface area contributed by atoms with Crippen molar-refractivity contribution in [3.63, 3.8) is 0 Å². The summed E-state index contributed by atoms with van der Waals surface area (Å²) in [6, 6.07) is 11.0. The van der Waals surface area contributed by atoms with Gasteiger partial charge in [-0.15, -0.1) is 0 Å². The number of benzene rings is 2. The van der Waals surface area contributed by atoms with E-state index < -0.39 is 60.8 Å². The zero-order valence-electron chi connectivity index (χ0n) is 18.8. The largest absolute Gasteiger partial charge is 0.466 e. The van der Waals surface area contributed by atoms with E-state index in [1.807, 2.05) is 6.07 Å². The first-order valence-electron chi connectivity index (χ1n) is 9.96. The number of allylic oxidation sites excluding steroid dienone is 1. The van der Waals surface area contributed by atoms with E-state index in [4.69, 9.17) is 50.0 Å². The Hall–Kier alpha value is -3.04. The normalized spacial score (nSPS) is 16.0. The smallest absolute Gasteiger partial charge is 0.446 e. The molecule has 37 heavy (non-hydrogen) atoms. The standard InChI is InChI=1S/C23H15Cl3F3N3O4S/c1-35-21(33)15-14(10-6-4-3-5-7-10)11(9-30)20(31)32(19(15)22(34)36-2)18-12(24)8-13(16(25)17(18)26)37-23(27,28)29/h3-8,14H,31H2,1-2H3. The molecular weight excluding hydrogens is 578 g/mol. The molecule has 0 amide bonds. The maximum absolute atomic E-state index is 13.1. The quantitative estimate of drug-likeness (QED) is 0.250. The summed E-state index contributed by atoms with van der Waals surface area (Å²) < 4.78 is 48.9. The van der Waals surface area contributed by atoms with E-state index in [2.05, 4.69) is 0 Å². The molecule has 14 heteroatoms. The molecule has 0 bridgehead atoms.